The van der Waals surface area contributed by atoms with Crippen molar-refractivity contribution in [1.82, 2.24) is 9.80 Å². The number of carbonyl (C=O) groups is 1. The van der Waals surface area contributed by atoms with Gasteiger partial charge in [-0.05, 0) is 53.6 Å². The van der Waals surface area contributed by atoms with Crippen LogP contribution < -0.4 is 4.90 Å². The van der Waals surface area contributed by atoms with E-state index in [2.05, 4.69) is 57.0 Å². The van der Waals surface area contributed by atoms with Crippen LogP contribution in [0, 0.1) is 0 Å². The van der Waals surface area contributed by atoms with E-state index >= 15 is 0 Å². The Labute approximate surface area is 185 Å². The molecule has 0 radical (unpaired) electrons. The molecule has 0 unspecified atom stereocenters. The van der Waals surface area contributed by atoms with Crippen LogP contribution in [0.3, 0.4) is 0 Å². The van der Waals surface area contributed by atoms with Gasteiger partial charge in [-0.2, -0.15) is 0 Å². The van der Waals surface area contributed by atoms with E-state index in [9.17, 15) is 4.79 Å². The van der Waals surface area contributed by atoms with Crippen molar-refractivity contribution in [2.45, 2.75) is 11.3 Å². The van der Waals surface area contributed by atoms with E-state index in [-0.39, 0.29) is 5.91 Å². The highest BCUT2D eigenvalue weighted by Gasteiger charge is 2.28. The van der Waals surface area contributed by atoms with Crippen molar-refractivity contribution >= 4 is 44.2 Å². The highest BCUT2D eigenvalue weighted by molar-refractivity contribution is 9.12. The summed E-state index contributed by atoms with van der Waals surface area (Å²) in [6.45, 7) is 6.21. The molecule has 4 rings (SSSR count). The summed E-state index contributed by atoms with van der Waals surface area (Å²) in [5.41, 5.74) is 2.07. The second-order valence-electron chi connectivity index (χ2n) is 7.53. The minimum absolute atomic E-state index is 0.0414. The number of carbonyl (C=O) groups excluding carboxylic acids is 1. The number of para-hydroxylation sites is 1. The first-order valence-electron chi connectivity index (χ1n) is 10.1. The summed E-state index contributed by atoms with van der Waals surface area (Å²) in [6.07, 6.45) is 0.968. The fraction of sp³-hybridized carbons (Fsp3) is 0.348. The average molecular weight is 472 g/mol. The molecule has 0 aromatic heterocycles. The predicted molar refractivity (Wildman–Crippen MR) is 125 cm³/mol. The van der Waals surface area contributed by atoms with Crippen LogP contribution in [0.2, 0.25) is 0 Å². The van der Waals surface area contributed by atoms with Gasteiger partial charge in [-0.3, -0.25) is 4.79 Å². The number of hydrogen-bond donors (Lipinski definition) is 0. The minimum atomic E-state index is 0.0414. The zero-order valence-corrected chi connectivity index (χ0v) is 19.1. The molecule has 1 amide bonds. The van der Waals surface area contributed by atoms with Crippen LogP contribution in [0.4, 0.5) is 5.69 Å². The van der Waals surface area contributed by atoms with E-state index < -0.39 is 0 Å². The Morgan fingerprint density at radius 1 is 0.931 bits per heavy atom. The number of thioether (sulfide) groups is 1. The molecule has 1 fully saturated rings. The summed E-state index contributed by atoms with van der Waals surface area (Å²) in [7, 11) is 2.18. The van der Waals surface area contributed by atoms with Crippen LogP contribution in [0.15, 0.2) is 64.0 Å². The third-order valence-corrected chi connectivity index (χ3v) is 7.70. The fourth-order valence-corrected chi connectivity index (χ4v) is 5.53. The Hall–Kier alpha value is -1.60. The molecule has 152 valence electrons. The molecule has 2 aliphatic rings. The van der Waals surface area contributed by atoms with Crippen LogP contribution in [0.25, 0.3) is 4.91 Å². The van der Waals surface area contributed by atoms with Crippen LogP contribution in [0.1, 0.15) is 12.0 Å². The van der Waals surface area contributed by atoms with Gasteiger partial charge in [0, 0.05) is 42.5 Å². The number of nitrogens with zero attached hydrogens (tertiary/aromatic N) is 3. The lowest BCUT2D eigenvalue weighted by atomic mass is 10.2. The molecule has 0 saturated carbocycles. The maximum absolute atomic E-state index is 13.4. The van der Waals surface area contributed by atoms with Gasteiger partial charge >= 0.3 is 0 Å². The van der Waals surface area contributed by atoms with E-state index in [0.717, 1.165) is 66.7 Å². The molecule has 4 nitrogen and oxygen atoms in total. The van der Waals surface area contributed by atoms with Gasteiger partial charge in [0.2, 0.25) is 0 Å². The Bertz CT molecular complexity index is 894. The second kappa shape index (κ2) is 9.47. The topological polar surface area (TPSA) is 26.8 Å². The summed E-state index contributed by atoms with van der Waals surface area (Å²) in [5.74, 6) is 0.0414. The van der Waals surface area contributed by atoms with E-state index in [1.807, 2.05) is 35.2 Å². The number of rotatable bonds is 5. The van der Waals surface area contributed by atoms with Crippen molar-refractivity contribution in [2.75, 3.05) is 51.2 Å². The van der Waals surface area contributed by atoms with Crippen molar-refractivity contribution < 1.29 is 4.79 Å². The van der Waals surface area contributed by atoms with Gasteiger partial charge < -0.3 is 14.7 Å². The van der Waals surface area contributed by atoms with E-state index in [4.69, 9.17) is 0 Å². The first kappa shape index (κ1) is 20.7. The largest absolute Gasteiger partial charge is 0.307 e. The molecule has 6 heteroatoms. The molecular weight excluding hydrogens is 446 g/mol. The number of amides is 1. The van der Waals surface area contributed by atoms with Gasteiger partial charge in [-0.25, -0.2) is 0 Å². The third kappa shape index (κ3) is 4.77. The summed E-state index contributed by atoms with van der Waals surface area (Å²) < 4.78 is 0.643. The zero-order chi connectivity index (χ0) is 20.2. The monoisotopic (exact) mass is 471 g/mol. The van der Waals surface area contributed by atoms with Gasteiger partial charge in [-0.1, -0.05) is 54.2 Å². The highest BCUT2D eigenvalue weighted by atomic mass is 79.9. The first-order valence-corrected chi connectivity index (χ1v) is 11.7. The molecule has 29 heavy (non-hydrogen) atoms. The number of anilines is 1. The van der Waals surface area contributed by atoms with Crippen LogP contribution in [-0.4, -0.2) is 62.0 Å². The Morgan fingerprint density at radius 3 is 2.38 bits per heavy atom. The van der Waals surface area contributed by atoms with E-state index in [1.165, 1.54) is 0 Å². The van der Waals surface area contributed by atoms with Gasteiger partial charge in [0.05, 0.1) is 10.2 Å². The van der Waals surface area contributed by atoms with E-state index in [0.29, 0.717) is 4.48 Å². The lowest BCUT2D eigenvalue weighted by Gasteiger charge is -2.33. The smallest absolute Gasteiger partial charge is 0.266 e. The molecule has 2 heterocycles. The van der Waals surface area contributed by atoms with Crippen molar-refractivity contribution in [3.63, 3.8) is 0 Å². The molecule has 0 aliphatic carbocycles. The Morgan fingerprint density at radius 2 is 1.62 bits per heavy atom. The van der Waals surface area contributed by atoms with Crippen molar-refractivity contribution in [3.8, 4) is 0 Å². The molecule has 0 bridgehead atoms. The maximum Gasteiger partial charge on any atom is 0.266 e. The minimum Gasteiger partial charge on any atom is -0.307 e. The Balaban J connectivity index is 1.55. The molecule has 2 aromatic carbocycles. The molecular formula is C23H26BrN3OS. The molecule has 0 spiro atoms. The second-order valence-corrected chi connectivity index (χ2v) is 9.38. The zero-order valence-electron chi connectivity index (χ0n) is 16.7. The standard InChI is InChI=1S/C23H26BrN3OS/c1-25-14-16-26(17-15-25)12-7-13-27-19-10-5-6-11-20(19)29-22(21(24)23(27)28)18-8-3-2-4-9-18/h2-6,8-11H,7,12-17H2,1H3. The van der Waals surface area contributed by atoms with Gasteiger partial charge in [0.1, 0.15) is 0 Å². The van der Waals surface area contributed by atoms with Crippen molar-refractivity contribution in [2.24, 2.45) is 0 Å². The Kier molecular flexibility index (Phi) is 6.75. The molecule has 0 N–H and O–H groups in total. The number of piperazine rings is 1. The number of hydrogen-bond acceptors (Lipinski definition) is 4. The summed E-state index contributed by atoms with van der Waals surface area (Å²) in [5, 5.41) is 0. The van der Waals surface area contributed by atoms with Crippen LogP contribution in [-0.2, 0) is 4.79 Å². The third-order valence-electron chi connectivity index (χ3n) is 5.49. The lowest BCUT2D eigenvalue weighted by Crippen LogP contribution is -2.45. The van der Waals surface area contributed by atoms with Crippen molar-refractivity contribution in [1.29, 1.82) is 0 Å². The molecule has 1 saturated heterocycles. The number of likely N-dealkylation sites (N-methyl/N-ethyl adjacent to an activating group) is 1. The van der Waals surface area contributed by atoms with Gasteiger partial charge in [0.15, 0.2) is 0 Å². The van der Waals surface area contributed by atoms with Crippen LogP contribution >= 0.6 is 27.7 Å². The molecule has 2 aliphatic heterocycles. The number of fused-ring (bicyclic) bond motifs is 1. The maximum atomic E-state index is 13.4. The highest BCUT2D eigenvalue weighted by Crippen LogP contribution is 2.46. The van der Waals surface area contributed by atoms with Crippen LogP contribution in [0.5, 0.6) is 0 Å². The van der Waals surface area contributed by atoms with Gasteiger partial charge in [0.25, 0.3) is 5.91 Å². The number of halogens is 1. The van der Waals surface area contributed by atoms with Gasteiger partial charge in [-0.15, -0.1) is 0 Å². The predicted octanol–water partition coefficient (Wildman–Crippen LogP) is 4.53. The fourth-order valence-electron chi connectivity index (χ4n) is 3.77. The molecule has 2 aromatic rings. The quantitative estimate of drug-likeness (QED) is 0.639. The molecule has 0 atom stereocenters. The van der Waals surface area contributed by atoms with E-state index in [1.54, 1.807) is 11.8 Å². The first-order chi connectivity index (χ1) is 14.1. The number of benzene rings is 2. The SMILES string of the molecule is CN1CCN(CCCN2C(=O)C(Br)=C(c3ccccc3)Sc3ccccc32)CC1. The normalized spacial score (nSPS) is 18.7. The van der Waals surface area contributed by atoms with Crippen molar-refractivity contribution in [3.05, 3.63) is 64.6 Å². The summed E-state index contributed by atoms with van der Waals surface area (Å²) in [6, 6.07) is 18.4. The average Bonchev–Trinajstić information content (AvgIpc) is 2.86. The summed E-state index contributed by atoms with van der Waals surface area (Å²) >= 11 is 5.30. The summed E-state index contributed by atoms with van der Waals surface area (Å²) in [4.78, 5) is 22.3. The lowest BCUT2D eigenvalue weighted by molar-refractivity contribution is -0.114.